The number of halogens is 2. The van der Waals surface area contributed by atoms with Crippen molar-refractivity contribution >= 4 is 17.5 Å². The molecule has 0 fully saturated rings. The first kappa shape index (κ1) is 13.7. The standard InChI is InChI=1S/C13H10F2N2O3/c1-6-4-5-16-12(11(6)18)17-10-7(13(19)20)2-3-8(14)9(10)15/h2-5,18H,1H3,(H,16,17)(H,19,20). The summed E-state index contributed by atoms with van der Waals surface area (Å²) in [7, 11) is 0. The van der Waals surface area contributed by atoms with E-state index in [9.17, 15) is 18.7 Å². The summed E-state index contributed by atoms with van der Waals surface area (Å²) in [5.74, 6) is -4.42. The Balaban J connectivity index is 2.55. The van der Waals surface area contributed by atoms with Gasteiger partial charge in [0.25, 0.3) is 0 Å². The lowest BCUT2D eigenvalue weighted by atomic mass is 10.1. The first-order valence-electron chi connectivity index (χ1n) is 5.54. The highest BCUT2D eigenvalue weighted by Gasteiger charge is 2.20. The number of hydrogen-bond acceptors (Lipinski definition) is 4. The second-order valence-corrected chi connectivity index (χ2v) is 4.04. The number of hydrogen-bond donors (Lipinski definition) is 3. The van der Waals surface area contributed by atoms with Crippen LogP contribution in [-0.4, -0.2) is 21.2 Å². The van der Waals surface area contributed by atoms with Crippen LogP contribution in [0.3, 0.4) is 0 Å². The van der Waals surface area contributed by atoms with E-state index in [-0.39, 0.29) is 11.6 Å². The second kappa shape index (κ2) is 5.12. The van der Waals surface area contributed by atoms with Crippen LogP contribution in [0.4, 0.5) is 20.3 Å². The van der Waals surface area contributed by atoms with Crippen LogP contribution in [0.2, 0.25) is 0 Å². The molecular formula is C13H10F2N2O3. The summed E-state index contributed by atoms with van der Waals surface area (Å²) in [4.78, 5) is 14.8. The number of rotatable bonds is 3. The summed E-state index contributed by atoms with van der Waals surface area (Å²) in [5.41, 5.74) is -0.603. The minimum absolute atomic E-state index is 0.156. The van der Waals surface area contributed by atoms with Crippen molar-refractivity contribution in [1.29, 1.82) is 0 Å². The lowest BCUT2D eigenvalue weighted by Crippen LogP contribution is -2.07. The predicted molar refractivity (Wildman–Crippen MR) is 67.2 cm³/mol. The molecule has 0 aliphatic carbocycles. The molecule has 1 aromatic carbocycles. The number of carboxylic acids is 1. The number of benzene rings is 1. The topological polar surface area (TPSA) is 82.5 Å². The highest BCUT2D eigenvalue weighted by molar-refractivity contribution is 5.95. The number of carbonyl (C=O) groups is 1. The Hall–Kier alpha value is -2.70. The highest BCUT2D eigenvalue weighted by atomic mass is 19.2. The number of pyridine rings is 1. The zero-order valence-corrected chi connectivity index (χ0v) is 10.3. The number of aromatic nitrogens is 1. The number of aromatic hydroxyl groups is 1. The number of carboxylic acid groups (broad SMARTS) is 1. The van der Waals surface area contributed by atoms with Crippen molar-refractivity contribution in [3.8, 4) is 5.75 Å². The number of nitrogens with one attached hydrogen (secondary N) is 1. The van der Waals surface area contributed by atoms with Crippen LogP contribution in [0.15, 0.2) is 24.4 Å². The third-order valence-electron chi connectivity index (χ3n) is 2.69. The predicted octanol–water partition coefficient (Wildman–Crippen LogP) is 2.82. The highest BCUT2D eigenvalue weighted by Crippen LogP contribution is 2.31. The molecule has 0 unspecified atom stereocenters. The number of anilines is 2. The average molecular weight is 280 g/mol. The van der Waals surface area contributed by atoms with Crippen molar-refractivity contribution in [2.24, 2.45) is 0 Å². The molecule has 0 saturated carbocycles. The van der Waals surface area contributed by atoms with E-state index in [1.54, 1.807) is 6.92 Å². The fourth-order valence-electron chi connectivity index (χ4n) is 1.61. The van der Waals surface area contributed by atoms with Gasteiger partial charge in [0.2, 0.25) is 0 Å². The summed E-state index contributed by atoms with van der Waals surface area (Å²) in [6.45, 7) is 1.59. The molecular weight excluding hydrogens is 270 g/mol. The lowest BCUT2D eigenvalue weighted by Gasteiger charge is -2.12. The van der Waals surface area contributed by atoms with Crippen LogP contribution < -0.4 is 5.32 Å². The van der Waals surface area contributed by atoms with Crippen molar-refractivity contribution < 1.29 is 23.8 Å². The van der Waals surface area contributed by atoms with E-state index in [0.717, 1.165) is 6.07 Å². The molecule has 7 heteroatoms. The second-order valence-electron chi connectivity index (χ2n) is 4.04. The Morgan fingerprint density at radius 3 is 2.65 bits per heavy atom. The maximum Gasteiger partial charge on any atom is 0.337 e. The van der Waals surface area contributed by atoms with Gasteiger partial charge in [0.05, 0.1) is 11.3 Å². The van der Waals surface area contributed by atoms with Gasteiger partial charge in [0.1, 0.15) is 0 Å². The molecule has 0 spiro atoms. The molecule has 0 saturated heterocycles. The molecule has 0 bridgehead atoms. The Morgan fingerprint density at radius 1 is 1.30 bits per heavy atom. The number of nitrogens with zero attached hydrogens (tertiary/aromatic N) is 1. The van der Waals surface area contributed by atoms with Crippen LogP contribution in [0, 0.1) is 18.6 Å². The third-order valence-corrected chi connectivity index (χ3v) is 2.69. The molecule has 2 rings (SSSR count). The average Bonchev–Trinajstić information content (AvgIpc) is 2.40. The Bertz CT molecular complexity index is 690. The monoisotopic (exact) mass is 280 g/mol. The first-order valence-corrected chi connectivity index (χ1v) is 5.54. The summed E-state index contributed by atoms with van der Waals surface area (Å²) < 4.78 is 26.9. The summed E-state index contributed by atoms with van der Waals surface area (Å²) >= 11 is 0. The van der Waals surface area contributed by atoms with Gasteiger partial charge >= 0.3 is 5.97 Å². The largest absolute Gasteiger partial charge is 0.504 e. The number of aromatic carboxylic acids is 1. The zero-order chi connectivity index (χ0) is 14.9. The van der Waals surface area contributed by atoms with Crippen LogP contribution >= 0.6 is 0 Å². The van der Waals surface area contributed by atoms with Crippen LogP contribution in [-0.2, 0) is 0 Å². The maximum absolute atomic E-state index is 13.7. The molecule has 0 aliphatic rings. The first-order chi connectivity index (χ1) is 9.41. The van der Waals surface area contributed by atoms with Gasteiger partial charge in [-0.05, 0) is 30.7 Å². The SMILES string of the molecule is Cc1ccnc(Nc2c(C(=O)O)ccc(F)c2F)c1O. The molecule has 3 N–H and O–H groups in total. The quantitative estimate of drug-likeness (QED) is 0.805. The van der Waals surface area contributed by atoms with Gasteiger partial charge in [0, 0.05) is 6.20 Å². The molecule has 0 radical (unpaired) electrons. The lowest BCUT2D eigenvalue weighted by molar-refractivity contribution is 0.0697. The van der Waals surface area contributed by atoms with Crippen LogP contribution in [0.5, 0.6) is 5.75 Å². The van der Waals surface area contributed by atoms with E-state index in [4.69, 9.17) is 5.11 Å². The maximum atomic E-state index is 13.7. The molecule has 2 aromatic rings. The minimum Gasteiger partial charge on any atom is -0.504 e. The van der Waals surface area contributed by atoms with Gasteiger partial charge in [-0.3, -0.25) is 0 Å². The van der Waals surface area contributed by atoms with Gasteiger partial charge < -0.3 is 15.5 Å². The fraction of sp³-hybridized carbons (Fsp3) is 0.0769. The van der Waals surface area contributed by atoms with E-state index in [1.165, 1.54) is 12.3 Å². The van der Waals surface area contributed by atoms with Gasteiger partial charge in [-0.25, -0.2) is 18.6 Å². The zero-order valence-electron chi connectivity index (χ0n) is 10.3. The normalized spacial score (nSPS) is 10.3. The van der Waals surface area contributed by atoms with E-state index in [1.807, 2.05) is 0 Å². The third kappa shape index (κ3) is 2.37. The van der Waals surface area contributed by atoms with Crippen molar-refractivity contribution in [2.45, 2.75) is 6.92 Å². The minimum atomic E-state index is -1.43. The molecule has 5 nitrogen and oxygen atoms in total. The molecule has 104 valence electrons. The van der Waals surface area contributed by atoms with Crippen LogP contribution in [0.1, 0.15) is 15.9 Å². The van der Waals surface area contributed by atoms with Crippen molar-refractivity contribution in [3.05, 3.63) is 47.2 Å². The smallest absolute Gasteiger partial charge is 0.337 e. The Kier molecular flexibility index (Phi) is 3.51. The summed E-state index contributed by atoms with van der Waals surface area (Å²) in [6.07, 6.45) is 1.34. The Labute approximate surface area is 112 Å². The van der Waals surface area contributed by atoms with Crippen LogP contribution in [0.25, 0.3) is 0 Å². The fourth-order valence-corrected chi connectivity index (χ4v) is 1.61. The molecule has 0 amide bonds. The van der Waals surface area contributed by atoms with Crippen molar-refractivity contribution in [3.63, 3.8) is 0 Å². The molecule has 1 heterocycles. The van der Waals surface area contributed by atoms with Gasteiger partial charge in [-0.1, -0.05) is 0 Å². The van der Waals surface area contributed by atoms with E-state index >= 15 is 0 Å². The van der Waals surface area contributed by atoms with Gasteiger partial charge in [0.15, 0.2) is 23.2 Å². The van der Waals surface area contributed by atoms with E-state index in [2.05, 4.69) is 10.3 Å². The van der Waals surface area contributed by atoms with Gasteiger partial charge in [-0.15, -0.1) is 0 Å². The summed E-state index contributed by atoms with van der Waals surface area (Å²) in [5, 5.41) is 21.0. The van der Waals surface area contributed by atoms with E-state index < -0.39 is 28.9 Å². The molecule has 0 atom stereocenters. The Morgan fingerprint density at radius 2 is 2.00 bits per heavy atom. The molecule has 0 aliphatic heterocycles. The van der Waals surface area contributed by atoms with Crippen molar-refractivity contribution in [1.82, 2.24) is 4.98 Å². The van der Waals surface area contributed by atoms with Gasteiger partial charge in [-0.2, -0.15) is 0 Å². The van der Waals surface area contributed by atoms with E-state index in [0.29, 0.717) is 11.6 Å². The van der Waals surface area contributed by atoms with Crippen molar-refractivity contribution in [2.75, 3.05) is 5.32 Å². The number of aryl methyl sites for hydroxylation is 1. The summed E-state index contributed by atoms with van der Waals surface area (Å²) in [6, 6.07) is 3.16. The molecule has 20 heavy (non-hydrogen) atoms. The molecule has 1 aromatic heterocycles.